The Kier molecular flexibility index (Phi) is 15.4. The molecule has 0 spiro atoms. The van der Waals surface area contributed by atoms with E-state index in [4.69, 9.17) is 25.4 Å². The smallest absolute Gasteiger partial charge is 0.326 e. The van der Waals surface area contributed by atoms with Crippen LogP contribution in [0.15, 0.2) is 39.2 Å². The Morgan fingerprint density at radius 2 is 1.70 bits per heavy atom. The van der Waals surface area contributed by atoms with Gasteiger partial charge >= 0.3 is 5.97 Å². The minimum atomic E-state index is -1.25. The van der Waals surface area contributed by atoms with Crippen molar-refractivity contribution in [1.82, 2.24) is 16.0 Å². The van der Waals surface area contributed by atoms with E-state index in [1.807, 2.05) is 0 Å². The number of amides is 3. The molecule has 3 amide bonds. The average molecular weight is 644 g/mol. The van der Waals surface area contributed by atoms with Crippen molar-refractivity contribution in [3.8, 4) is 0 Å². The van der Waals surface area contributed by atoms with Gasteiger partial charge in [-0.3, -0.25) is 30.1 Å². The molecular weight excluding hydrogens is 602 g/mol. The molecule has 250 valence electrons. The van der Waals surface area contributed by atoms with Gasteiger partial charge < -0.3 is 41.0 Å². The molecule has 2 aliphatic heterocycles. The summed E-state index contributed by atoms with van der Waals surface area (Å²) in [6.07, 6.45) is 2.71. The molecule has 0 aliphatic carbocycles. The fraction of sp³-hybridized carbons (Fsp3) is 0.517. The van der Waals surface area contributed by atoms with Crippen LogP contribution in [0.1, 0.15) is 36.0 Å². The number of amidine groups is 1. The molecule has 0 saturated carbocycles. The Morgan fingerprint density at radius 3 is 2.37 bits per heavy atom. The summed E-state index contributed by atoms with van der Waals surface area (Å²) in [4.78, 5) is 60.9. The lowest BCUT2D eigenvalue weighted by Gasteiger charge is -2.21. The van der Waals surface area contributed by atoms with Gasteiger partial charge in [0.05, 0.1) is 44.9 Å². The number of carboxylic acid groups (broad SMARTS) is 1. The van der Waals surface area contributed by atoms with Crippen LogP contribution < -0.4 is 27.0 Å². The lowest BCUT2D eigenvalue weighted by molar-refractivity contribution is -0.139. The van der Waals surface area contributed by atoms with Gasteiger partial charge in [-0.25, -0.2) is 9.79 Å². The van der Waals surface area contributed by atoms with Crippen molar-refractivity contribution in [1.29, 1.82) is 5.41 Å². The van der Waals surface area contributed by atoms with Crippen molar-refractivity contribution in [2.75, 3.05) is 64.6 Å². The zero-order valence-corrected chi connectivity index (χ0v) is 25.5. The highest BCUT2D eigenvalue weighted by atomic mass is 16.5. The minimum absolute atomic E-state index is 0.0757. The molecule has 17 heteroatoms. The lowest BCUT2D eigenvalue weighted by atomic mass is 10.1. The maximum atomic E-state index is 12.7. The molecule has 1 aromatic carbocycles. The van der Waals surface area contributed by atoms with Crippen molar-refractivity contribution in [3.63, 3.8) is 0 Å². The van der Waals surface area contributed by atoms with E-state index in [0.29, 0.717) is 70.6 Å². The van der Waals surface area contributed by atoms with E-state index in [-0.39, 0.29) is 42.7 Å². The van der Waals surface area contributed by atoms with E-state index in [9.17, 15) is 24.3 Å². The Bertz CT molecular complexity index is 1300. The monoisotopic (exact) mass is 643 g/mol. The normalized spacial score (nSPS) is 16.1. The quantitative estimate of drug-likeness (QED) is 0.0784. The van der Waals surface area contributed by atoms with E-state index in [2.05, 4.69) is 36.2 Å². The van der Waals surface area contributed by atoms with Gasteiger partial charge in [-0.2, -0.15) is 4.99 Å². The molecule has 2 atom stereocenters. The van der Waals surface area contributed by atoms with E-state index in [1.54, 1.807) is 12.1 Å². The van der Waals surface area contributed by atoms with Crippen LogP contribution in [0, 0.1) is 5.41 Å². The fourth-order valence-corrected chi connectivity index (χ4v) is 4.08. The number of nitrogens with two attached hydrogens (primary N) is 1. The molecule has 0 fully saturated rings. The second-order valence-corrected chi connectivity index (χ2v) is 10.1. The summed E-state index contributed by atoms with van der Waals surface area (Å²) in [5.41, 5.74) is 6.76. The molecule has 0 radical (unpaired) electrons. The largest absolute Gasteiger partial charge is 0.480 e. The molecule has 1 aromatic rings. The van der Waals surface area contributed by atoms with Gasteiger partial charge in [0, 0.05) is 37.4 Å². The first-order valence-electron chi connectivity index (χ1n) is 14.9. The number of hydrogen-bond donors (Lipinski definition) is 7. The summed E-state index contributed by atoms with van der Waals surface area (Å²) >= 11 is 0. The van der Waals surface area contributed by atoms with Crippen molar-refractivity contribution >= 4 is 53.1 Å². The van der Waals surface area contributed by atoms with Crippen LogP contribution in [0.25, 0.3) is 0 Å². The highest BCUT2D eigenvalue weighted by Gasteiger charge is 2.31. The Labute approximate surface area is 266 Å². The standard InChI is InChI=1S/C29H41N9O8/c30-9-1-11-44-13-15-46-16-14-45-12-2-10-32-23(39)8-7-22(28(42)43)36-26(40)19-3-5-20(6-4-19)33-17-21-18-34-25-24(35-21)27(41)38-29(31)37-25/h3-6,18,22,24,33H,1-2,7-17,30H2,(H,32,39)(H,36,40)(H,42,43)(H2,31,38,41)/t22-,24?/m0/s1. The lowest BCUT2D eigenvalue weighted by Crippen LogP contribution is -2.47. The number of carbonyl (C=O) groups excluding carboxylic acids is 3. The van der Waals surface area contributed by atoms with Crippen LogP contribution in [0.2, 0.25) is 0 Å². The van der Waals surface area contributed by atoms with Crippen LogP contribution in [0.4, 0.5) is 5.69 Å². The van der Waals surface area contributed by atoms with Crippen LogP contribution in [-0.2, 0) is 28.6 Å². The zero-order chi connectivity index (χ0) is 33.1. The van der Waals surface area contributed by atoms with Crippen LogP contribution in [-0.4, -0.2) is 124 Å². The summed E-state index contributed by atoms with van der Waals surface area (Å²) in [5, 5.41) is 27.6. The number of benzene rings is 1. The molecule has 0 bridgehead atoms. The Morgan fingerprint density at radius 1 is 1.02 bits per heavy atom. The SMILES string of the molecule is N=C1N=C2N=CC(CNc3ccc(C(=O)N[C@@H](CCC(=O)NCCCOCCOCCOCCCN)C(=O)O)cc3)=NC2C(=O)N1. The predicted molar refractivity (Wildman–Crippen MR) is 170 cm³/mol. The third-order valence-electron chi connectivity index (χ3n) is 6.51. The summed E-state index contributed by atoms with van der Waals surface area (Å²) in [6, 6.07) is 4.17. The summed E-state index contributed by atoms with van der Waals surface area (Å²) in [5.74, 6) is -2.76. The van der Waals surface area contributed by atoms with Crippen molar-refractivity contribution in [2.24, 2.45) is 20.7 Å². The highest BCUT2D eigenvalue weighted by molar-refractivity contribution is 6.38. The summed E-state index contributed by atoms with van der Waals surface area (Å²) < 4.78 is 16.2. The van der Waals surface area contributed by atoms with Gasteiger partial charge in [0.15, 0.2) is 11.9 Å². The Hall–Kier alpha value is -4.58. The van der Waals surface area contributed by atoms with E-state index < -0.39 is 29.9 Å². The average Bonchev–Trinajstić information content (AvgIpc) is 3.04. The van der Waals surface area contributed by atoms with Gasteiger partial charge in [-0.15, -0.1) is 0 Å². The molecule has 8 N–H and O–H groups in total. The first-order valence-corrected chi connectivity index (χ1v) is 14.9. The molecule has 0 aromatic heterocycles. The molecule has 0 saturated heterocycles. The maximum Gasteiger partial charge on any atom is 0.326 e. The van der Waals surface area contributed by atoms with Gasteiger partial charge in [-0.05, 0) is 50.1 Å². The molecule has 2 aliphatic rings. The summed E-state index contributed by atoms with van der Waals surface area (Å²) in [6.45, 7) is 4.12. The highest BCUT2D eigenvalue weighted by Crippen LogP contribution is 2.12. The summed E-state index contributed by atoms with van der Waals surface area (Å²) in [7, 11) is 0. The first-order chi connectivity index (χ1) is 22.3. The second kappa shape index (κ2) is 19.7. The van der Waals surface area contributed by atoms with Crippen molar-refractivity contribution in [3.05, 3.63) is 29.8 Å². The van der Waals surface area contributed by atoms with Crippen LogP contribution in [0.5, 0.6) is 0 Å². The van der Waals surface area contributed by atoms with Crippen LogP contribution >= 0.6 is 0 Å². The third-order valence-corrected chi connectivity index (χ3v) is 6.51. The number of ether oxygens (including phenoxy) is 3. The Balaban J connectivity index is 1.29. The number of aliphatic imine (C=N–C) groups is 3. The topological polar surface area (TPSA) is 251 Å². The number of rotatable bonds is 22. The molecule has 3 rings (SSSR count). The number of nitrogens with zero attached hydrogens (tertiary/aromatic N) is 3. The number of anilines is 1. The third kappa shape index (κ3) is 12.8. The number of fused-ring (bicyclic) bond motifs is 1. The first kappa shape index (κ1) is 35.9. The maximum absolute atomic E-state index is 12.7. The molecule has 46 heavy (non-hydrogen) atoms. The number of guanidine groups is 1. The van der Waals surface area contributed by atoms with Crippen LogP contribution in [0.3, 0.4) is 0 Å². The molecular formula is C29H41N9O8. The van der Waals surface area contributed by atoms with Crippen molar-refractivity contribution in [2.45, 2.75) is 37.8 Å². The fourth-order valence-electron chi connectivity index (χ4n) is 4.08. The second-order valence-electron chi connectivity index (χ2n) is 10.1. The number of hydrogen-bond acceptors (Lipinski definition) is 12. The zero-order valence-electron chi connectivity index (χ0n) is 25.5. The van der Waals surface area contributed by atoms with Gasteiger partial charge in [-0.1, -0.05) is 0 Å². The van der Waals surface area contributed by atoms with Gasteiger partial charge in [0.2, 0.25) is 11.9 Å². The minimum Gasteiger partial charge on any atom is -0.480 e. The molecule has 17 nitrogen and oxygen atoms in total. The number of aliphatic carboxylic acids is 1. The van der Waals surface area contributed by atoms with Gasteiger partial charge in [0.1, 0.15) is 6.04 Å². The number of carboxylic acids is 1. The van der Waals surface area contributed by atoms with E-state index >= 15 is 0 Å². The predicted octanol–water partition coefficient (Wildman–Crippen LogP) is -0.676. The number of carbonyl (C=O) groups is 4. The molecule has 1 unspecified atom stereocenters. The van der Waals surface area contributed by atoms with E-state index in [1.165, 1.54) is 18.3 Å². The molecule has 2 heterocycles. The number of nitrogens with one attached hydrogen (secondary N) is 5. The van der Waals surface area contributed by atoms with Gasteiger partial charge in [0.25, 0.3) is 11.8 Å². The van der Waals surface area contributed by atoms with E-state index in [0.717, 1.165) is 6.42 Å². The van der Waals surface area contributed by atoms with Crippen molar-refractivity contribution < 1.29 is 38.5 Å².